The number of hydrogen-bond donors (Lipinski definition) is 8. The summed E-state index contributed by atoms with van der Waals surface area (Å²) in [6.45, 7) is 5.42. The minimum atomic E-state index is -4.76. The maximum absolute atomic E-state index is 12.0. The SMILES string of the molecule is CC(C)[C@H](NC=O)C(=O)NCC(=O)NCCNC(=O)CCNC(=O)[C@H](O)C(C)(C)COP(=O)(O)O. The highest BCUT2D eigenvalue weighted by Crippen LogP contribution is 2.38. The van der Waals surface area contributed by atoms with E-state index in [1.54, 1.807) is 13.8 Å². The Bertz CT molecular complexity index is 786. The van der Waals surface area contributed by atoms with Gasteiger partial charge in [-0.05, 0) is 5.92 Å². The van der Waals surface area contributed by atoms with E-state index in [9.17, 15) is 33.6 Å². The smallest absolute Gasteiger partial charge is 0.383 e. The Morgan fingerprint density at radius 3 is 2.03 bits per heavy atom. The van der Waals surface area contributed by atoms with Crippen LogP contribution in [0.25, 0.3) is 0 Å². The molecule has 15 nitrogen and oxygen atoms in total. The van der Waals surface area contributed by atoms with Crippen molar-refractivity contribution in [2.24, 2.45) is 11.3 Å². The lowest BCUT2D eigenvalue weighted by molar-refractivity contribution is -0.137. The molecule has 0 radical (unpaired) electrons. The van der Waals surface area contributed by atoms with Crippen LogP contribution in [0.4, 0.5) is 0 Å². The number of carbonyl (C=O) groups excluding carboxylic acids is 5. The topological polar surface area (TPSA) is 232 Å². The summed E-state index contributed by atoms with van der Waals surface area (Å²) in [5.41, 5.74) is -1.30. The van der Waals surface area contributed by atoms with E-state index < -0.39 is 55.6 Å². The van der Waals surface area contributed by atoms with Gasteiger partial charge < -0.3 is 41.5 Å². The normalized spacial score (nSPS) is 13.4. The van der Waals surface area contributed by atoms with Crippen molar-refractivity contribution in [3.63, 3.8) is 0 Å². The summed E-state index contributed by atoms with van der Waals surface area (Å²) in [4.78, 5) is 75.6. The third-order valence-electron chi connectivity index (χ3n) is 4.63. The van der Waals surface area contributed by atoms with Crippen molar-refractivity contribution < 1.29 is 48.0 Å². The molecule has 0 unspecified atom stereocenters. The fourth-order valence-electron chi connectivity index (χ4n) is 2.56. The Morgan fingerprint density at radius 2 is 1.51 bits per heavy atom. The Balaban J connectivity index is 4.14. The zero-order valence-corrected chi connectivity index (χ0v) is 21.1. The number of rotatable bonds is 17. The lowest BCUT2D eigenvalue weighted by Gasteiger charge is -2.29. The standard InChI is InChI=1S/C19H36N5O10P/c1-12(2)15(24-11-25)17(29)23-9-14(27)21-8-7-20-13(26)5-6-22-18(30)16(28)19(3,4)10-34-35(31,32)33/h11-12,15-16,28H,5-10H2,1-4H3,(H,20,26)(H,21,27)(H,22,30)(H,23,29)(H,24,25)(H2,31,32,33)/t15-,16-/m0/s1. The van der Waals surface area contributed by atoms with Crippen molar-refractivity contribution in [3.05, 3.63) is 0 Å². The fraction of sp³-hybridized carbons (Fsp3) is 0.737. The second-order valence-corrected chi connectivity index (χ2v) is 9.86. The summed E-state index contributed by atoms with van der Waals surface area (Å²) in [6.07, 6.45) is -1.35. The predicted molar refractivity (Wildman–Crippen MR) is 122 cm³/mol. The van der Waals surface area contributed by atoms with Crippen molar-refractivity contribution in [2.45, 2.75) is 46.3 Å². The molecule has 0 fully saturated rings. The number of aliphatic hydroxyl groups is 1. The molecule has 0 aliphatic rings. The molecule has 0 aliphatic heterocycles. The Hall–Kier alpha value is -2.58. The monoisotopic (exact) mass is 525 g/mol. The van der Waals surface area contributed by atoms with E-state index in [0.717, 1.165) is 0 Å². The molecule has 8 N–H and O–H groups in total. The highest BCUT2D eigenvalue weighted by Gasteiger charge is 2.35. The summed E-state index contributed by atoms with van der Waals surface area (Å²) >= 11 is 0. The lowest BCUT2D eigenvalue weighted by Crippen LogP contribution is -2.49. The molecule has 0 saturated heterocycles. The van der Waals surface area contributed by atoms with E-state index in [-0.39, 0.29) is 38.5 Å². The van der Waals surface area contributed by atoms with Gasteiger partial charge in [0.2, 0.25) is 30.0 Å². The largest absolute Gasteiger partial charge is 0.469 e. The number of aliphatic hydroxyl groups excluding tert-OH is 1. The van der Waals surface area contributed by atoms with Crippen molar-refractivity contribution in [2.75, 3.05) is 32.8 Å². The maximum atomic E-state index is 12.0. The van der Waals surface area contributed by atoms with E-state index in [0.29, 0.717) is 6.41 Å². The quantitative estimate of drug-likeness (QED) is 0.0548. The van der Waals surface area contributed by atoms with E-state index in [4.69, 9.17) is 9.79 Å². The zero-order chi connectivity index (χ0) is 27.2. The molecule has 202 valence electrons. The molecule has 0 heterocycles. The molecule has 16 heteroatoms. The second kappa shape index (κ2) is 15.4. The van der Waals surface area contributed by atoms with Gasteiger partial charge in [0.1, 0.15) is 12.1 Å². The highest BCUT2D eigenvalue weighted by molar-refractivity contribution is 7.46. The molecular weight excluding hydrogens is 489 g/mol. The van der Waals surface area contributed by atoms with Gasteiger partial charge in [-0.25, -0.2) is 4.57 Å². The first kappa shape index (κ1) is 32.4. The molecule has 5 amide bonds. The minimum Gasteiger partial charge on any atom is -0.383 e. The summed E-state index contributed by atoms with van der Waals surface area (Å²) in [5.74, 6) is -2.44. The summed E-state index contributed by atoms with van der Waals surface area (Å²) in [7, 11) is -4.76. The number of nitrogens with one attached hydrogen (secondary N) is 5. The van der Waals surface area contributed by atoms with Crippen LogP contribution in [0.5, 0.6) is 0 Å². The number of amides is 5. The fourth-order valence-corrected chi connectivity index (χ4v) is 3.06. The van der Waals surface area contributed by atoms with Crippen LogP contribution in [0.15, 0.2) is 0 Å². The molecule has 0 spiro atoms. The molecule has 0 saturated carbocycles. The summed E-state index contributed by atoms with van der Waals surface area (Å²) < 4.78 is 15.1. The summed E-state index contributed by atoms with van der Waals surface area (Å²) in [5, 5.41) is 22.2. The van der Waals surface area contributed by atoms with Crippen LogP contribution in [-0.2, 0) is 33.1 Å². The zero-order valence-electron chi connectivity index (χ0n) is 20.2. The molecule has 0 aromatic rings. The third kappa shape index (κ3) is 14.4. The maximum Gasteiger partial charge on any atom is 0.469 e. The van der Waals surface area contributed by atoms with Gasteiger partial charge in [-0.1, -0.05) is 27.7 Å². The summed E-state index contributed by atoms with van der Waals surface area (Å²) in [6, 6.07) is -0.764. The Labute approximate surface area is 203 Å². The van der Waals surface area contributed by atoms with Crippen molar-refractivity contribution in [3.8, 4) is 0 Å². The first-order valence-corrected chi connectivity index (χ1v) is 12.3. The molecule has 0 aromatic heterocycles. The van der Waals surface area contributed by atoms with Gasteiger partial charge in [-0.2, -0.15) is 0 Å². The predicted octanol–water partition coefficient (Wildman–Crippen LogP) is -2.89. The third-order valence-corrected chi connectivity index (χ3v) is 5.10. The second-order valence-electron chi connectivity index (χ2n) is 8.62. The van der Waals surface area contributed by atoms with Crippen molar-refractivity contribution >= 4 is 37.9 Å². The lowest BCUT2D eigenvalue weighted by atomic mass is 9.87. The number of phosphoric acid groups is 1. The van der Waals surface area contributed by atoms with Gasteiger partial charge in [0.25, 0.3) is 0 Å². The number of carbonyl (C=O) groups is 5. The van der Waals surface area contributed by atoms with Crippen LogP contribution in [0.2, 0.25) is 0 Å². The molecular formula is C19H36N5O10P. The molecule has 0 bridgehead atoms. The van der Waals surface area contributed by atoms with E-state index in [1.807, 2.05) is 0 Å². The molecule has 2 atom stereocenters. The van der Waals surface area contributed by atoms with Crippen LogP contribution in [-0.4, -0.2) is 89.9 Å². The van der Waals surface area contributed by atoms with Crippen LogP contribution in [0.1, 0.15) is 34.1 Å². The van der Waals surface area contributed by atoms with Gasteiger partial charge in [-0.3, -0.25) is 28.5 Å². The minimum absolute atomic E-state index is 0.0828. The first-order chi connectivity index (χ1) is 16.1. The molecule has 0 rings (SSSR count). The van der Waals surface area contributed by atoms with Crippen LogP contribution in [0.3, 0.4) is 0 Å². The first-order valence-electron chi connectivity index (χ1n) is 10.8. The molecule has 35 heavy (non-hydrogen) atoms. The van der Waals surface area contributed by atoms with Gasteiger partial charge in [-0.15, -0.1) is 0 Å². The number of phosphoric ester groups is 1. The average Bonchev–Trinajstić information content (AvgIpc) is 2.76. The number of hydrogen-bond acceptors (Lipinski definition) is 8. The molecule has 0 aromatic carbocycles. The Morgan fingerprint density at radius 1 is 0.943 bits per heavy atom. The molecule has 0 aliphatic carbocycles. The van der Waals surface area contributed by atoms with E-state index in [2.05, 4.69) is 31.1 Å². The van der Waals surface area contributed by atoms with Crippen LogP contribution < -0.4 is 26.6 Å². The highest BCUT2D eigenvalue weighted by atomic mass is 31.2. The van der Waals surface area contributed by atoms with E-state index >= 15 is 0 Å². The van der Waals surface area contributed by atoms with Crippen molar-refractivity contribution in [1.29, 1.82) is 0 Å². The van der Waals surface area contributed by atoms with Gasteiger partial charge in [0, 0.05) is 31.5 Å². The van der Waals surface area contributed by atoms with Gasteiger partial charge in [0.05, 0.1) is 13.2 Å². The Kier molecular flexibility index (Phi) is 14.3. The van der Waals surface area contributed by atoms with Crippen LogP contribution >= 0.6 is 7.82 Å². The van der Waals surface area contributed by atoms with Gasteiger partial charge >= 0.3 is 7.82 Å². The van der Waals surface area contributed by atoms with E-state index in [1.165, 1.54) is 13.8 Å². The van der Waals surface area contributed by atoms with Crippen LogP contribution in [0, 0.1) is 11.3 Å². The average molecular weight is 525 g/mol. The van der Waals surface area contributed by atoms with Gasteiger partial charge in [0.15, 0.2) is 0 Å². The van der Waals surface area contributed by atoms with Crippen molar-refractivity contribution in [1.82, 2.24) is 26.6 Å².